The monoisotopic (exact) mass is 492 g/mol. The summed E-state index contributed by atoms with van der Waals surface area (Å²) in [7, 11) is 0. The number of likely N-dealkylation sites (tertiary alicyclic amines) is 1. The SMILES string of the molecule is O=C1[C@H]2[C@@H]3[C@@H](O)[C@H](O)CC(=NOCc4ccccc4)[C@@H]3CC[C@H]2C(=O)N1Cc1ccc2c(c1)OCO2. The van der Waals surface area contributed by atoms with Gasteiger partial charge in [0.2, 0.25) is 18.6 Å². The van der Waals surface area contributed by atoms with Crippen molar-refractivity contribution in [3.05, 3.63) is 59.7 Å². The minimum Gasteiger partial charge on any atom is -0.454 e. The van der Waals surface area contributed by atoms with Crippen LogP contribution in [0.25, 0.3) is 0 Å². The summed E-state index contributed by atoms with van der Waals surface area (Å²) in [6.45, 7) is 0.554. The van der Waals surface area contributed by atoms with Gasteiger partial charge in [0.15, 0.2) is 11.5 Å². The summed E-state index contributed by atoms with van der Waals surface area (Å²) in [6, 6.07) is 15.0. The van der Waals surface area contributed by atoms with E-state index in [1.54, 1.807) is 12.1 Å². The number of fused-ring (bicyclic) bond motifs is 4. The van der Waals surface area contributed by atoms with Gasteiger partial charge >= 0.3 is 0 Å². The van der Waals surface area contributed by atoms with Crippen molar-refractivity contribution < 1.29 is 34.1 Å². The Morgan fingerprint density at radius 3 is 2.56 bits per heavy atom. The van der Waals surface area contributed by atoms with E-state index in [1.165, 1.54) is 4.90 Å². The van der Waals surface area contributed by atoms with Crippen molar-refractivity contribution in [3.63, 3.8) is 0 Å². The lowest BCUT2D eigenvalue weighted by Gasteiger charge is -2.45. The first-order valence-electron chi connectivity index (χ1n) is 12.3. The highest BCUT2D eigenvalue weighted by Gasteiger charge is 2.59. The average molecular weight is 493 g/mol. The standard InChI is InChI=1S/C27H28N2O7/c30-20-11-19(28-36-13-15-4-2-1-3-5-15)17-7-8-18-24(23(17)25(20)31)27(33)29(26(18)32)12-16-6-9-21-22(10-16)35-14-34-21/h1-6,9-10,17-18,20,23-25,30-31H,7-8,11-14H2/t17-,18+,20+,23+,24+,25-/m0/s1. The van der Waals surface area contributed by atoms with Crippen LogP contribution in [0.1, 0.15) is 30.4 Å². The zero-order valence-electron chi connectivity index (χ0n) is 19.7. The molecule has 2 saturated carbocycles. The molecule has 0 unspecified atom stereocenters. The first kappa shape index (κ1) is 23.0. The number of carbonyl (C=O) groups excluding carboxylic acids is 2. The number of benzene rings is 2. The Morgan fingerprint density at radius 1 is 0.944 bits per heavy atom. The fourth-order valence-corrected chi connectivity index (χ4v) is 6.18. The molecule has 2 N–H and O–H groups in total. The first-order chi connectivity index (χ1) is 17.5. The lowest BCUT2D eigenvalue weighted by molar-refractivity contribution is -0.142. The Kier molecular flexibility index (Phi) is 5.89. The van der Waals surface area contributed by atoms with Gasteiger partial charge in [-0.2, -0.15) is 0 Å². The molecular formula is C27H28N2O7. The molecule has 36 heavy (non-hydrogen) atoms. The third-order valence-electron chi connectivity index (χ3n) is 7.90. The predicted octanol–water partition coefficient (Wildman–Crippen LogP) is 2.24. The topological polar surface area (TPSA) is 118 Å². The molecule has 9 heteroatoms. The molecule has 2 amide bonds. The molecule has 2 aromatic carbocycles. The van der Waals surface area contributed by atoms with Crippen LogP contribution >= 0.6 is 0 Å². The van der Waals surface area contributed by atoms with E-state index in [9.17, 15) is 19.8 Å². The van der Waals surface area contributed by atoms with E-state index in [0.29, 0.717) is 30.1 Å². The van der Waals surface area contributed by atoms with Gasteiger partial charge in [0.25, 0.3) is 0 Å². The van der Waals surface area contributed by atoms with Gasteiger partial charge in [-0.15, -0.1) is 0 Å². The number of hydrogen-bond acceptors (Lipinski definition) is 8. The molecule has 9 nitrogen and oxygen atoms in total. The molecular weight excluding hydrogens is 464 g/mol. The molecule has 0 aromatic heterocycles. The van der Waals surface area contributed by atoms with Crippen LogP contribution in [0.2, 0.25) is 0 Å². The number of imide groups is 1. The predicted molar refractivity (Wildman–Crippen MR) is 127 cm³/mol. The molecule has 2 aromatic rings. The molecule has 188 valence electrons. The molecule has 0 bridgehead atoms. The summed E-state index contributed by atoms with van der Waals surface area (Å²) in [6.07, 6.45) is -0.889. The van der Waals surface area contributed by atoms with E-state index in [4.69, 9.17) is 14.3 Å². The van der Waals surface area contributed by atoms with Crippen molar-refractivity contribution in [2.24, 2.45) is 28.8 Å². The summed E-state index contributed by atoms with van der Waals surface area (Å²) in [5, 5.41) is 25.9. The lowest BCUT2D eigenvalue weighted by Crippen LogP contribution is -2.54. The van der Waals surface area contributed by atoms with Gasteiger partial charge in [-0.25, -0.2) is 0 Å². The van der Waals surface area contributed by atoms with Crippen molar-refractivity contribution in [1.82, 2.24) is 4.90 Å². The zero-order valence-corrected chi connectivity index (χ0v) is 19.7. The summed E-state index contributed by atoms with van der Waals surface area (Å²) >= 11 is 0. The number of aliphatic hydroxyl groups is 2. The lowest BCUT2D eigenvalue weighted by atomic mass is 9.60. The minimum atomic E-state index is -1.11. The summed E-state index contributed by atoms with van der Waals surface area (Å²) in [4.78, 5) is 33.8. The number of oxime groups is 1. The third kappa shape index (κ3) is 3.92. The Hall–Kier alpha value is -3.43. The van der Waals surface area contributed by atoms with E-state index in [0.717, 1.165) is 11.1 Å². The molecule has 2 heterocycles. The van der Waals surface area contributed by atoms with E-state index in [1.807, 2.05) is 36.4 Å². The van der Waals surface area contributed by atoms with E-state index >= 15 is 0 Å². The second-order valence-electron chi connectivity index (χ2n) is 9.95. The van der Waals surface area contributed by atoms with Crippen molar-refractivity contribution in [1.29, 1.82) is 0 Å². The fourth-order valence-electron chi connectivity index (χ4n) is 6.18. The maximum atomic E-state index is 13.6. The average Bonchev–Trinajstić information content (AvgIpc) is 3.45. The molecule has 4 aliphatic rings. The van der Waals surface area contributed by atoms with Gasteiger partial charge in [0.05, 0.1) is 36.3 Å². The van der Waals surface area contributed by atoms with Gasteiger partial charge in [-0.1, -0.05) is 41.6 Å². The Balaban J connectivity index is 1.22. The van der Waals surface area contributed by atoms with Crippen LogP contribution in [0.15, 0.2) is 53.7 Å². The van der Waals surface area contributed by atoms with Crippen LogP contribution in [0.3, 0.4) is 0 Å². The molecule has 6 rings (SSSR count). The third-order valence-corrected chi connectivity index (χ3v) is 7.90. The van der Waals surface area contributed by atoms with Crippen LogP contribution in [0.5, 0.6) is 11.5 Å². The Labute approximate surface area is 208 Å². The second kappa shape index (κ2) is 9.22. The molecule has 2 aliphatic heterocycles. The number of hydrogen-bond donors (Lipinski definition) is 2. The highest BCUT2D eigenvalue weighted by molar-refractivity contribution is 6.06. The molecule has 6 atom stereocenters. The number of rotatable bonds is 5. The number of amides is 2. The maximum absolute atomic E-state index is 13.6. The van der Waals surface area contributed by atoms with Gasteiger partial charge in [-0.05, 0) is 36.1 Å². The largest absolute Gasteiger partial charge is 0.454 e. The molecule has 0 radical (unpaired) electrons. The second-order valence-corrected chi connectivity index (χ2v) is 9.95. The Bertz CT molecular complexity index is 1200. The Morgan fingerprint density at radius 2 is 1.72 bits per heavy atom. The summed E-state index contributed by atoms with van der Waals surface area (Å²) < 4.78 is 10.8. The maximum Gasteiger partial charge on any atom is 0.233 e. The fraction of sp³-hybridized carbons (Fsp3) is 0.444. The van der Waals surface area contributed by atoms with Gasteiger partial charge in [0, 0.05) is 18.3 Å². The highest BCUT2D eigenvalue weighted by atomic mass is 16.7. The summed E-state index contributed by atoms with van der Waals surface area (Å²) in [5.41, 5.74) is 2.37. The zero-order chi connectivity index (χ0) is 24.8. The number of carbonyl (C=O) groups is 2. The number of aliphatic hydroxyl groups excluding tert-OH is 2. The van der Waals surface area contributed by atoms with Crippen LogP contribution < -0.4 is 9.47 Å². The van der Waals surface area contributed by atoms with Crippen LogP contribution in [-0.4, -0.2) is 51.6 Å². The molecule has 0 spiro atoms. The molecule has 3 fully saturated rings. The molecule has 1 saturated heterocycles. The van der Waals surface area contributed by atoms with Crippen molar-refractivity contribution in [2.75, 3.05) is 6.79 Å². The van der Waals surface area contributed by atoms with E-state index in [-0.39, 0.29) is 44.1 Å². The normalized spacial score (nSPS) is 31.9. The van der Waals surface area contributed by atoms with Crippen molar-refractivity contribution in [2.45, 2.75) is 44.6 Å². The molecule has 2 aliphatic carbocycles. The van der Waals surface area contributed by atoms with Gasteiger partial charge < -0.3 is 24.5 Å². The number of nitrogens with zero attached hydrogens (tertiary/aromatic N) is 2. The van der Waals surface area contributed by atoms with E-state index in [2.05, 4.69) is 5.16 Å². The van der Waals surface area contributed by atoms with Crippen molar-refractivity contribution >= 4 is 17.5 Å². The van der Waals surface area contributed by atoms with Gasteiger partial charge in [0.1, 0.15) is 6.61 Å². The van der Waals surface area contributed by atoms with Crippen LogP contribution in [-0.2, 0) is 27.6 Å². The van der Waals surface area contributed by atoms with Crippen molar-refractivity contribution in [3.8, 4) is 11.5 Å². The smallest absolute Gasteiger partial charge is 0.233 e. The van der Waals surface area contributed by atoms with Crippen LogP contribution in [0.4, 0.5) is 0 Å². The minimum absolute atomic E-state index is 0.123. The van der Waals surface area contributed by atoms with Gasteiger partial charge in [-0.3, -0.25) is 14.5 Å². The first-order valence-corrected chi connectivity index (χ1v) is 12.3. The summed E-state index contributed by atoms with van der Waals surface area (Å²) in [5.74, 6) is -1.36. The van der Waals surface area contributed by atoms with E-state index < -0.39 is 30.0 Å². The van der Waals surface area contributed by atoms with Crippen LogP contribution in [0, 0.1) is 23.7 Å². The number of ether oxygens (including phenoxy) is 2. The quantitative estimate of drug-likeness (QED) is 0.486. The highest BCUT2D eigenvalue weighted by Crippen LogP contribution is 2.50.